The zero-order valence-electron chi connectivity index (χ0n) is 12.7. The lowest BCUT2D eigenvalue weighted by Crippen LogP contribution is -2.42. The zero-order valence-corrected chi connectivity index (χ0v) is 13.5. The van der Waals surface area contributed by atoms with E-state index in [1.54, 1.807) is 0 Å². The molecule has 2 N–H and O–H groups in total. The van der Waals surface area contributed by atoms with Crippen LogP contribution in [0.15, 0.2) is 0 Å². The number of halogens is 2. The monoisotopic (exact) mass is 356 g/mol. The SMILES string of the molecule is O=C(CCC1CC2CCCC(O)(C2)C1)OCC(F)(F)S(=O)(=O)O. The van der Waals surface area contributed by atoms with Crippen LogP contribution in [0.4, 0.5) is 8.78 Å². The van der Waals surface area contributed by atoms with Gasteiger partial charge in [-0.3, -0.25) is 9.35 Å². The summed E-state index contributed by atoms with van der Waals surface area (Å²) >= 11 is 0. The van der Waals surface area contributed by atoms with E-state index in [-0.39, 0.29) is 12.3 Å². The lowest BCUT2D eigenvalue weighted by atomic mass is 9.64. The third-order valence-corrected chi connectivity index (χ3v) is 5.67. The predicted octanol–water partition coefficient (Wildman–Crippen LogP) is 2.12. The van der Waals surface area contributed by atoms with Crippen LogP contribution in [0.25, 0.3) is 0 Å². The topological polar surface area (TPSA) is 101 Å². The van der Waals surface area contributed by atoms with E-state index < -0.39 is 33.5 Å². The third-order valence-electron chi connectivity index (χ3n) is 4.79. The van der Waals surface area contributed by atoms with Gasteiger partial charge in [-0.25, -0.2) is 0 Å². The molecule has 2 aliphatic rings. The Hall–Kier alpha value is -0.800. The molecule has 2 aliphatic carbocycles. The van der Waals surface area contributed by atoms with Gasteiger partial charge in [0, 0.05) is 6.42 Å². The Labute approximate surface area is 134 Å². The van der Waals surface area contributed by atoms with Crippen LogP contribution in [0.1, 0.15) is 51.4 Å². The van der Waals surface area contributed by atoms with E-state index in [1.165, 1.54) is 0 Å². The third kappa shape index (κ3) is 4.84. The minimum atomic E-state index is -5.60. The Morgan fingerprint density at radius 3 is 2.65 bits per heavy atom. The van der Waals surface area contributed by atoms with E-state index in [1.807, 2.05) is 0 Å². The van der Waals surface area contributed by atoms with Crippen LogP contribution in [0, 0.1) is 11.8 Å². The van der Waals surface area contributed by atoms with Crippen molar-refractivity contribution in [3.05, 3.63) is 0 Å². The molecule has 0 aliphatic heterocycles. The van der Waals surface area contributed by atoms with Gasteiger partial charge in [-0.2, -0.15) is 17.2 Å². The summed E-state index contributed by atoms with van der Waals surface area (Å²) in [5.74, 6) is -0.364. The zero-order chi connectivity index (χ0) is 17.3. The van der Waals surface area contributed by atoms with Crippen molar-refractivity contribution < 1.29 is 36.4 Å². The first-order valence-corrected chi connectivity index (χ1v) is 9.18. The number of alkyl halides is 2. The van der Waals surface area contributed by atoms with E-state index in [2.05, 4.69) is 4.74 Å². The van der Waals surface area contributed by atoms with Gasteiger partial charge in [-0.1, -0.05) is 12.8 Å². The highest BCUT2D eigenvalue weighted by Crippen LogP contribution is 2.46. The van der Waals surface area contributed by atoms with Crippen molar-refractivity contribution >= 4 is 16.1 Å². The minimum absolute atomic E-state index is 0.116. The number of fused-ring (bicyclic) bond motifs is 2. The normalized spacial score (nSPS) is 31.7. The second-order valence-electron chi connectivity index (χ2n) is 6.80. The summed E-state index contributed by atoms with van der Waals surface area (Å²) in [5.41, 5.74) is -0.673. The van der Waals surface area contributed by atoms with E-state index in [9.17, 15) is 27.1 Å². The molecule has 0 spiro atoms. The van der Waals surface area contributed by atoms with Crippen molar-refractivity contribution in [3.63, 3.8) is 0 Å². The van der Waals surface area contributed by atoms with Crippen LogP contribution in [-0.4, -0.2) is 41.5 Å². The molecule has 2 bridgehead atoms. The molecule has 3 unspecified atom stereocenters. The molecule has 2 saturated carbocycles. The Morgan fingerprint density at radius 2 is 2.04 bits per heavy atom. The van der Waals surface area contributed by atoms with Crippen molar-refractivity contribution in [1.82, 2.24) is 0 Å². The average Bonchev–Trinajstić information content (AvgIpc) is 2.40. The minimum Gasteiger partial charge on any atom is -0.458 e. The quantitative estimate of drug-likeness (QED) is 0.558. The summed E-state index contributed by atoms with van der Waals surface area (Å²) < 4.78 is 59.3. The van der Waals surface area contributed by atoms with Gasteiger partial charge < -0.3 is 9.84 Å². The molecule has 0 amide bonds. The van der Waals surface area contributed by atoms with Crippen LogP contribution in [-0.2, 0) is 19.6 Å². The average molecular weight is 356 g/mol. The molecule has 0 aromatic rings. The molecular formula is C14H22F2O6S. The summed E-state index contributed by atoms with van der Waals surface area (Å²) in [7, 11) is -5.60. The Balaban J connectivity index is 1.77. The van der Waals surface area contributed by atoms with Crippen LogP contribution in [0.2, 0.25) is 0 Å². The fraction of sp³-hybridized carbons (Fsp3) is 0.929. The Bertz CT molecular complexity index is 549. The molecule has 6 nitrogen and oxygen atoms in total. The van der Waals surface area contributed by atoms with E-state index in [0.717, 1.165) is 32.1 Å². The van der Waals surface area contributed by atoms with Crippen molar-refractivity contribution in [2.75, 3.05) is 6.61 Å². The maximum Gasteiger partial charge on any atom is 0.402 e. The van der Waals surface area contributed by atoms with Crippen molar-refractivity contribution in [3.8, 4) is 0 Å². The summed E-state index contributed by atoms with van der Waals surface area (Å²) in [6, 6.07) is 0. The first-order valence-electron chi connectivity index (χ1n) is 7.74. The number of hydrogen-bond donors (Lipinski definition) is 2. The van der Waals surface area contributed by atoms with Gasteiger partial charge in [0.1, 0.15) is 0 Å². The number of ether oxygens (including phenoxy) is 1. The number of aliphatic hydroxyl groups is 1. The summed E-state index contributed by atoms with van der Waals surface area (Å²) in [4.78, 5) is 11.5. The first-order chi connectivity index (χ1) is 10.5. The molecule has 9 heteroatoms. The van der Waals surface area contributed by atoms with Crippen LogP contribution >= 0.6 is 0 Å². The van der Waals surface area contributed by atoms with Crippen molar-refractivity contribution in [2.45, 2.75) is 62.2 Å². The molecule has 0 heterocycles. The van der Waals surface area contributed by atoms with Gasteiger partial charge in [0.15, 0.2) is 6.61 Å². The van der Waals surface area contributed by atoms with Crippen molar-refractivity contribution in [1.29, 1.82) is 0 Å². The molecule has 0 radical (unpaired) electrons. The highest BCUT2D eigenvalue weighted by Gasteiger charge is 2.46. The number of carbonyl (C=O) groups is 1. The fourth-order valence-corrected chi connectivity index (χ4v) is 4.00. The molecule has 0 saturated heterocycles. The second-order valence-corrected chi connectivity index (χ2v) is 8.35. The van der Waals surface area contributed by atoms with Gasteiger partial charge in [0.05, 0.1) is 5.60 Å². The molecule has 0 aromatic carbocycles. The molecule has 2 rings (SSSR count). The lowest BCUT2D eigenvalue weighted by molar-refractivity contribution is -0.150. The molecule has 2 fully saturated rings. The lowest BCUT2D eigenvalue weighted by Gasteiger charge is -2.45. The molecule has 3 atom stereocenters. The number of rotatable bonds is 6. The van der Waals surface area contributed by atoms with Gasteiger partial charge in [-0.05, 0) is 43.9 Å². The van der Waals surface area contributed by atoms with Gasteiger partial charge in [0.2, 0.25) is 0 Å². The maximum absolute atomic E-state index is 12.9. The summed E-state index contributed by atoms with van der Waals surface area (Å²) in [6.07, 6.45) is 5.39. The molecular weight excluding hydrogens is 334 g/mol. The highest BCUT2D eigenvalue weighted by molar-refractivity contribution is 7.86. The largest absolute Gasteiger partial charge is 0.458 e. The van der Waals surface area contributed by atoms with E-state index in [0.29, 0.717) is 18.8 Å². The van der Waals surface area contributed by atoms with Gasteiger partial charge in [-0.15, -0.1) is 0 Å². The number of carbonyl (C=O) groups excluding carboxylic acids is 1. The second kappa shape index (κ2) is 6.60. The molecule has 0 aromatic heterocycles. The van der Waals surface area contributed by atoms with E-state index >= 15 is 0 Å². The van der Waals surface area contributed by atoms with E-state index in [4.69, 9.17) is 4.55 Å². The van der Waals surface area contributed by atoms with Gasteiger partial charge >= 0.3 is 21.3 Å². The first kappa shape index (κ1) is 18.5. The Morgan fingerprint density at radius 1 is 1.35 bits per heavy atom. The maximum atomic E-state index is 12.9. The summed E-state index contributed by atoms with van der Waals surface area (Å²) in [6.45, 7) is -1.69. The fourth-order valence-electron chi connectivity index (χ4n) is 3.79. The van der Waals surface area contributed by atoms with Crippen LogP contribution in [0.5, 0.6) is 0 Å². The Kier molecular flexibility index (Phi) is 5.32. The van der Waals surface area contributed by atoms with Crippen molar-refractivity contribution in [2.24, 2.45) is 11.8 Å². The van der Waals surface area contributed by atoms with Crippen LogP contribution < -0.4 is 0 Å². The van der Waals surface area contributed by atoms with Gasteiger partial charge in [0.25, 0.3) is 0 Å². The highest BCUT2D eigenvalue weighted by atomic mass is 32.2. The molecule has 23 heavy (non-hydrogen) atoms. The van der Waals surface area contributed by atoms with Crippen LogP contribution in [0.3, 0.4) is 0 Å². The smallest absolute Gasteiger partial charge is 0.402 e. The standard InChI is InChI=1S/C14H22F2O6S/c15-14(16,23(19,20)21)9-22-12(17)4-3-11-6-10-2-1-5-13(18,7-10)8-11/h10-11,18H,1-9H2,(H,19,20,21). The number of esters is 1. The predicted molar refractivity (Wildman–Crippen MR) is 76.3 cm³/mol. The number of hydrogen-bond acceptors (Lipinski definition) is 5. The summed E-state index contributed by atoms with van der Waals surface area (Å²) in [5, 5.41) is 5.93. The molecule has 134 valence electrons.